The van der Waals surface area contributed by atoms with Gasteiger partial charge in [0.15, 0.2) is 5.78 Å². The van der Waals surface area contributed by atoms with Gasteiger partial charge in [0, 0.05) is 12.0 Å². The van der Waals surface area contributed by atoms with Crippen molar-refractivity contribution in [2.75, 3.05) is 6.61 Å². The van der Waals surface area contributed by atoms with Crippen molar-refractivity contribution in [3.05, 3.63) is 65.5 Å². The Morgan fingerprint density at radius 2 is 1.76 bits per heavy atom. The number of halogens is 1. The minimum atomic E-state index is -0.361. The predicted octanol–water partition coefficient (Wildman–Crippen LogP) is 3.54. The van der Waals surface area contributed by atoms with E-state index in [-0.39, 0.29) is 24.6 Å². The molecule has 106 valence electrons. The van der Waals surface area contributed by atoms with Crippen molar-refractivity contribution in [3.63, 3.8) is 0 Å². The van der Waals surface area contributed by atoms with E-state index in [1.165, 1.54) is 24.3 Å². The molecule has 0 fully saturated rings. The van der Waals surface area contributed by atoms with Gasteiger partial charge in [0.05, 0.1) is 19.1 Å². The van der Waals surface area contributed by atoms with E-state index in [0.29, 0.717) is 17.7 Å². The predicted molar refractivity (Wildman–Crippen MR) is 76.6 cm³/mol. The maximum absolute atomic E-state index is 12.8. The van der Waals surface area contributed by atoms with E-state index < -0.39 is 0 Å². The second kappa shape index (κ2) is 7.20. The summed E-state index contributed by atoms with van der Waals surface area (Å²) < 4.78 is 18.2. The van der Waals surface area contributed by atoms with Crippen LogP contribution < -0.4 is 4.74 Å². The fourth-order valence-corrected chi connectivity index (χ4v) is 1.84. The van der Waals surface area contributed by atoms with Crippen molar-refractivity contribution >= 4 is 5.78 Å². The number of Topliss-reactive ketones (excluding diaryl/α,β-unsaturated/α-hetero) is 1. The summed E-state index contributed by atoms with van der Waals surface area (Å²) in [6.45, 7) is 0.258. The lowest BCUT2D eigenvalue weighted by molar-refractivity contribution is 0.0962. The first-order valence-corrected chi connectivity index (χ1v) is 6.56. The average Bonchev–Trinajstić information content (AvgIpc) is 2.50. The van der Waals surface area contributed by atoms with Crippen molar-refractivity contribution < 1.29 is 13.9 Å². The van der Waals surface area contributed by atoms with Crippen LogP contribution in [0.25, 0.3) is 0 Å². The van der Waals surface area contributed by atoms with Crippen LogP contribution in [0.2, 0.25) is 0 Å². The summed E-state index contributed by atoms with van der Waals surface area (Å²) in [7, 11) is 0. The van der Waals surface area contributed by atoms with E-state index in [9.17, 15) is 9.18 Å². The first-order valence-electron chi connectivity index (χ1n) is 6.56. The molecule has 2 aromatic carbocycles. The fourth-order valence-electron chi connectivity index (χ4n) is 1.84. The maximum atomic E-state index is 12.8. The van der Waals surface area contributed by atoms with Crippen LogP contribution in [-0.4, -0.2) is 12.4 Å². The number of hydrogen-bond acceptors (Lipinski definition) is 3. The number of carbonyl (C=O) groups excluding carboxylic acids is 1. The van der Waals surface area contributed by atoms with Gasteiger partial charge >= 0.3 is 0 Å². The zero-order valence-electron chi connectivity index (χ0n) is 11.4. The van der Waals surface area contributed by atoms with E-state index in [4.69, 9.17) is 10.00 Å². The highest BCUT2D eigenvalue weighted by molar-refractivity contribution is 5.96. The van der Waals surface area contributed by atoms with Gasteiger partial charge in [-0.25, -0.2) is 4.39 Å². The Morgan fingerprint density at radius 3 is 2.38 bits per heavy atom. The number of nitriles is 1. The Labute approximate surface area is 122 Å². The molecule has 0 aromatic heterocycles. The molecule has 3 nitrogen and oxygen atoms in total. The van der Waals surface area contributed by atoms with Gasteiger partial charge in [-0.2, -0.15) is 5.26 Å². The van der Waals surface area contributed by atoms with Crippen LogP contribution in [-0.2, 0) is 6.42 Å². The summed E-state index contributed by atoms with van der Waals surface area (Å²) >= 11 is 0. The van der Waals surface area contributed by atoms with E-state index in [1.807, 2.05) is 12.1 Å². The van der Waals surface area contributed by atoms with Crippen molar-refractivity contribution in [2.24, 2.45) is 0 Å². The quantitative estimate of drug-likeness (QED) is 0.762. The van der Waals surface area contributed by atoms with E-state index in [1.54, 1.807) is 12.1 Å². The van der Waals surface area contributed by atoms with Crippen LogP contribution in [0, 0.1) is 17.1 Å². The number of ether oxygens (including phenoxy) is 1. The Bertz CT molecular complexity index is 642. The zero-order valence-corrected chi connectivity index (χ0v) is 11.4. The molecule has 0 aliphatic heterocycles. The van der Waals surface area contributed by atoms with Gasteiger partial charge in [-0.3, -0.25) is 4.79 Å². The van der Waals surface area contributed by atoms with Crippen molar-refractivity contribution in [3.8, 4) is 11.8 Å². The molecule has 0 unspecified atom stereocenters. The van der Waals surface area contributed by atoms with Crippen molar-refractivity contribution in [1.82, 2.24) is 0 Å². The highest BCUT2D eigenvalue weighted by Gasteiger charge is 2.06. The summed E-state index contributed by atoms with van der Waals surface area (Å²) in [5.41, 5.74) is 1.40. The van der Waals surface area contributed by atoms with Gasteiger partial charge in [0.2, 0.25) is 0 Å². The van der Waals surface area contributed by atoms with Crippen molar-refractivity contribution in [2.45, 2.75) is 12.8 Å². The second-order valence-corrected chi connectivity index (χ2v) is 4.51. The topological polar surface area (TPSA) is 50.1 Å². The standard InChI is InChI=1S/C17H14FNO2/c18-15-5-3-14(4-6-15)17(20)10-12-21-16-7-1-13(2-8-16)9-11-19/h1-8H,9-10,12H2. The molecule has 0 atom stereocenters. The first kappa shape index (κ1) is 14.7. The Hall–Kier alpha value is -2.67. The van der Waals surface area contributed by atoms with Gasteiger partial charge in [0.1, 0.15) is 11.6 Å². The molecule has 21 heavy (non-hydrogen) atoms. The third-order valence-corrected chi connectivity index (χ3v) is 2.97. The van der Waals surface area contributed by atoms with Gasteiger partial charge < -0.3 is 4.74 Å². The van der Waals surface area contributed by atoms with Gasteiger partial charge in [-0.15, -0.1) is 0 Å². The highest BCUT2D eigenvalue weighted by atomic mass is 19.1. The third-order valence-electron chi connectivity index (χ3n) is 2.97. The lowest BCUT2D eigenvalue weighted by Crippen LogP contribution is -2.06. The van der Waals surface area contributed by atoms with Gasteiger partial charge in [-0.1, -0.05) is 12.1 Å². The lowest BCUT2D eigenvalue weighted by atomic mass is 10.1. The largest absolute Gasteiger partial charge is 0.493 e. The van der Waals surface area contributed by atoms with Gasteiger partial charge in [-0.05, 0) is 42.0 Å². The molecule has 2 aromatic rings. The molecule has 0 spiro atoms. The van der Waals surface area contributed by atoms with Crippen LogP contribution >= 0.6 is 0 Å². The second-order valence-electron chi connectivity index (χ2n) is 4.51. The number of hydrogen-bond donors (Lipinski definition) is 0. The summed E-state index contributed by atoms with van der Waals surface area (Å²) in [6, 6.07) is 14.7. The minimum Gasteiger partial charge on any atom is -0.493 e. The molecule has 0 bridgehead atoms. The molecule has 0 radical (unpaired) electrons. The van der Waals surface area contributed by atoms with Crippen LogP contribution in [0.5, 0.6) is 5.75 Å². The average molecular weight is 283 g/mol. The number of benzene rings is 2. The van der Waals surface area contributed by atoms with E-state index >= 15 is 0 Å². The highest BCUT2D eigenvalue weighted by Crippen LogP contribution is 2.13. The smallest absolute Gasteiger partial charge is 0.166 e. The zero-order chi connectivity index (χ0) is 15.1. The maximum Gasteiger partial charge on any atom is 0.166 e. The summed E-state index contributed by atoms with van der Waals surface area (Å²) in [5, 5.41) is 8.57. The first-order chi connectivity index (χ1) is 10.2. The molecule has 0 aliphatic rings. The SMILES string of the molecule is N#CCc1ccc(OCCC(=O)c2ccc(F)cc2)cc1. The molecular weight excluding hydrogens is 269 g/mol. The lowest BCUT2D eigenvalue weighted by Gasteiger charge is -2.06. The summed E-state index contributed by atoms with van der Waals surface area (Å²) in [6.07, 6.45) is 0.592. The number of carbonyl (C=O) groups is 1. The van der Waals surface area contributed by atoms with Crippen LogP contribution in [0.4, 0.5) is 4.39 Å². The van der Waals surface area contributed by atoms with E-state index in [2.05, 4.69) is 6.07 Å². The molecule has 0 saturated heterocycles. The summed E-state index contributed by atoms with van der Waals surface area (Å²) in [5.74, 6) is 0.208. The molecule has 0 aliphatic carbocycles. The molecule has 0 N–H and O–H groups in total. The molecule has 2 rings (SSSR count). The van der Waals surface area contributed by atoms with Crippen LogP contribution in [0.3, 0.4) is 0 Å². The normalized spacial score (nSPS) is 9.90. The molecular formula is C17H14FNO2. The molecule has 4 heteroatoms. The molecule has 0 amide bonds. The number of ketones is 1. The molecule has 0 saturated carbocycles. The summed E-state index contributed by atoms with van der Waals surface area (Å²) in [4.78, 5) is 11.8. The van der Waals surface area contributed by atoms with Crippen LogP contribution in [0.15, 0.2) is 48.5 Å². The number of rotatable bonds is 6. The molecule has 0 heterocycles. The van der Waals surface area contributed by atoms with E-state index in [0.717, 1.165) is 5.56 Å². The van der Waals surface area contributed by atoms with Crippen LogP contribution in [0.1, 0.15) is 22.3 Å². The monoisotopic (exact) mass is 283 g/mol. The Kier molecular flexibility index (Phi) is 5.05. The minimum absolute atomic E-state index is 0.0869. The van der Waals surface area contributed by atoms with Gasteiger partial charge in [0.25, 0.3) is 0 Å². The Morgan fingerprint density at radius 1 is 1.10 bits per heavy atom. The fraction of sp³-hybridized carbons (Fsp3) is 0.176. The third kappa shape index (κ3) is 4.43. The Balaban J connectivity index is 1.82. The number of nitrogens with zero attached hydrogens (tertiary/aromatic N) is 1. The van der Waals surface area contributed by atoms with Crippen molar-refractivity contribution in [1.29, 1.82) is 5.26 Å².